The first kappa shape index (κ1) is 16.9. The standard InChI is InChI=1S/C20H27N3O/c1-21-12-9-16-10-13-23(14-11-16)15-20(24)22-19-8-4-6-17-5-2-3-7-18(17)19/h2-8,16,21H,9-15H2,1H3,(H,22,24). The number of carbonyl (C=O) groups excluding carboxylic acids is 1. The number of anilines is 1. The quantitative estimate of drug-likeness (QED) is 0.858. The van der Waals surface area contributed by atoms with E-state index in [1.165, 1.54) is 19.3 Å². The van der Waals surface area contributed by atoms with Crippen molar-refractivity contribution in [1.29, 1.82) is 0 Å². The van der Waals surface area contributed by atoms with Gasteiger partial charge in [-0.1, -0.05) is 36.4 Å². The minimum Gasteiger partial charge on any atom is -0.324 e. The van der Waals surface area contributed by atoms with Crippen LogP contribution >= 0.6 is 0 Å². The largest absolute Gasteiger partial charge is 0.324 e. The van der Waals surface area contributed by atoms with Crippen molar-refractivity contribution in [3.8, 4) is 0 Å². The molecule has 1 aliphatic heterocycles. The molecule has 4 nitrogen and oxygen atoms in total. The molecule has 1 saturated heterocycles. The van der Waals surface area contributed by atoms with Crippen LogP contribution in [0.5, 0.6) is 0 Å². The molecule has 1 amide bonds. The molecule has 0 bridgehead atoms. The smallest absolute Gasteiger partial charge is 0.238 e. The summed E-state index contributed by atoms with van der Waals surface area (Å²) in [6.07, 6.45) is 3.64. The lowest BCUT2D eigenvalue weighted by atomic mass is 9.93. The van der Waals surface area contributed by atoms with Gasteiger partial charge in [-0.25, -0.2) is 0 Å². The molecule has 4 heteroatoms. The fourth-order valence-corrected chi connectivity index (χ4v) is 3.51. The molecule has 2 N–H and O–H groups in total. The highest BCUT2D eigenvalue weighted by atomic mass is 16.2. The number of carbonyl (C=O) groups is 1. The molecule has 0 unspecified atom stereocenters. The predicted molar refractivity (Wildman–Crippen MR) is 100 cm³/mol. The normalized spacial score (nSPS) is 16.4. The molecular formula is C20H27N3O. The van der Waals surface area contributed by atoms with Crippen LogP contribution in [0.25, 0.3) is 10.8 Å². The number of benzene rings is 2. The maximum absolute atomic E-state index is 12.4. The van der Waals surface area contributed by atoms with E-state index in [1.54, 1.807) is 0 Å². The number of rotatable bonds is 6. The third kappa shape index (κ3) is 4.34. The van der Waals surface area contributed by atoms with E-state index in [2.05, 4.69) is 33.7 Å². The maximum Gasteiger partial charge on any atom is 0.238 e. The van der Waals surface area contributed by atoms with Gasteiger partial charge < -0.3 is 10.6 Å². The summed E-state index contributed by atoms with van der Waals surface area (Å²) in [6, 6.07) is 14.2. The lowest BCUT2D eigenvalue weighted by molar-refractivity contribution is -0.117. The molecule has 128 valence electrons. The van der Waals surface area contributed by atoms with E-state index in [0.717, 1.165) is 42.0 Å². The zero-order chi connectivity index (χ0) is 16.8. The molecule has 0 atom stereocenters. The number of amides is 1. The van der Waals surface area contributed by atoms with E-state index >= 15 is 0 Å². The van der Waals surface area contributed by atoms with Gasteiger partial charge in [0.05, 0.1) is 6.54 Å². The Morgan fingerprint density at radius 1 is 1.12 bits per heavy atom. The van der Waals surface area contributed by atoms with Gasteiger partial charge in [0.25, 0.3) is 0 Å². The van der Waals surface area contributed by atoms with Gasteiger partial charge in [0.15, 0.2) is 0 Å². The van der Waals surface area contributed by atoms with Crippen LogP contribution in [0.1, 0.15) is 19.3 Å². The summed E-state index contributed by atoms with van der Waals surface area (Å²) in [5, 5.41) is 8.56. The molecule has 0 radical (unpaired) electrons. The first-order chi connectivity index (χ1) is 11.8. The van der Waals surface area contributed by atoms with Crippen LogP contribution in [0.2, 0.25) is 0 Å². The van der Waals surface area contributed by atoms with Gasteiger partial charge in [0, 0.05) is 11.1 Å². The fourth-order valence-electron chi connectivity index (χ4n) is 3.51. The third-order valence-corrected chi connectivity index (χ3v) is 4.94. The molecule has 2 aromatic carbocycles. The Hall–Kier alpha value is -1.91. The molecule has 1 heterocycles. The monoisotopic (exact) mass is 325 g/mol. The Bertz CT molecular complexity index is 672. The number of fused-ring (bicyclic) bond motifs is 1. The van der Waals surface area contributed by atoms with Crippen molar-refractivity contribution < 1.29 is 4.79 Å². The van der Waals surface area contributed by atoms with Gasteiger partial charge >= 0.3 is 0 Å². The number of nitrogens with zero attached hydrogens (tertiary/aromatic N) is 1. The highest BCUT2D eigenvalue weighted by Crippen LogP contribution is 2.23. The highest BCUT2D eigenvalue weighted by Gasteiger charge is 2.20. The molecule has 0 saturated carbocycles. The Balaban J connectivity index is 1.53. The van der Waals surface area contributed by atoms with Crippen molar-refractivity contribution in [3.05, 3.63) is 42.5 Å². The van der Waals surface area contributed by atoms with Gasteiger partial charge in [-0.2, -0.15) is 0 Å². The second kappa shape index (κ2) is 8.27. The van der Waals surface area contributed by atoms with Crippen LogP contribution in [0, 0.1) is 5.92 Å². The molecule has 3 rings (SSSR count). The summed E-state index contributed by atoms with van der Waals surface area (Å²) in [5.41, 5.74) is 0.905. The minimum atomic E-state index is 0.0834. The molecular weight excluding hydrogens is 298 g/mol. The fraction of sp³-hybridized carbons (Fsp3) is 0.450. The lowest BCUT2D eigenvalue weighted by Crippen LogP contribution is -2.39. The van der Waals surface area contributed by atoms with Crippen molar-refractivity contribution >= 4 is 22.4 Å². The van der Waals surface area contributed by atoms with Crippen molar-refractivity contribution in [2.24, 2.45) is 5.92 Å². The molecule has 0 aliphatic carbocycles. The van der Waals surface area contributed by atoms with Crippen molar-refractivity contribution in [3.63, 3.8) is 0 Å². The van der Waals surface area contributed by atoms with Crippen LogP contribution in [-0.4, -0.2) is 44.0 Å². The molecule has 24 heavy (non-hydrogen) atoms. The van der Waals surface area contributed by atoms with Crippen molar-refractivity contribution in [1.82, 2.24) is 10.2 Å². The maximum atomic E-state index is 12.4. The van der Waals surface area contributed by atoms with Crippen molar-refractivity contribution in [2.75, 3.05) is 38.5 Å². The van der Waals surface area contributed by atoms with Crippen LogP contribution in [0.15, 0.2) is 42.5 Å². The second-order valence-electron chi connectivity index (χ2n) is 6.69. The zero-order valence-corrected chi connectivity index (χ0v) is 14.4. The van der Waals surface area contributed by atoms with Crippen molar-refractivity contribution in [2.45, 2.75) is 19.3 Å². The van der Waals surface area contributed by atoms with E-state index in [4.69, 9.17) is 0 Å². The summed E-state index contributed by atoms with van der Waals surface area (Å²) in [4.78, 5) is 14.7. The number of nitrogens with one attached hydrogen (secondary N) is 2. The summed E-state index contributed by atoms with van der Waals surface area (Å²) in [7, 11) is 2.01. The van der Waals surface area contributed by atoms with Crippen LogP contribution < -0.4 is 10.6 Å². The van der Waals surface area contributed by atoms with E-state index in [-0.39, 0.29) is 5.91 Å². The second-order valence-corrected chi connectivity index (χ2v) is 6.69. The van der Waals surface area contributed by atoms with Gasteiger partial charge in [-0.15, -0.1) is 0 Å². The van der Waals surface area contributed by atoms with Gasteiger partial charge in [-0.05, 0) is 63.3 Å². The molecule has 0 spiro atoms. The third-order valence-electron chi connectivity index (χ3n) is 4.94. The summed E-state index contributed by atoms with van der Waals surface area (Å²) in [5.74, 6) is 0.884. The van der Waals surface area contributed by atoms with E-state index < -0.39 is 0 Å². The average molecular weight is 325 g/mol. The highest BCUT2D eigenvalue weighted by molar-refractivity contribution is 6.02. The lowest BCUT2D eigenvalue weighted by Gasteiger charge is -2.31. The van der Waals surface area contributed by atoms with Crippen LogP contribution in [0.4, 0.5) is 5.69 Å². The Morgan fingerprint density at radius 3 is 2.67 bits per heavy atom. The molecule has 1 fully saturated rings. The minimum absolute atomic E-state index is 0.0834. The number of hydrogen-bond donors (Lipinski definition) is 2. The van der Waals surface area contributed by atoms with Crippen LogP contribution in [0.3, 0.4) is 0 Å². The first-order valence-corrected chi connectivity index (χ1v) is 8.91. The SMILES string of the molecule is CNCCC1CCN(CC(=O)Nc2cccc3ccccc23)CC1. The Morgan fingerprint density at radius 2 is 1.88 bits per heavy atom. The predicted octanol–water partition coefficient (Wildman–Crippen LogP) is 3.10. The number of likely N-dealkylation sites (tertiary alicyclic amines) is 1. The van der Waals surface area contributed by atoms with E-state index in [9.17, 15) is 4.79 Å². The molecule has 2 aromatic rings. The van der Waals surface area contributed by atoms with Gasteiger partial charge in [0.1, 0.15) is 0 Å². The van der Waals surface area contributed by atoms with Gasteiger partial charge in [0.2, 0.25) is 5.91 Å². The number of piperidine rings is 1. The average Bonchev–Trinajstić information content (AvgIpc) is 2.61. The summed E-state index contributed by atoms with van der Waals surface area (Å²) >= 11 is 0. The molecule has 1 aliphatic rings. The molecule has 0 aromatic heterocycles. The van der Waals surface area contributed by atoms with E-state index in [1.807, 2.05) is 31.3 Å². The van der Waals surface area contributed by atoms with E-state index in [0.29, 0.717) is 6.54 Å². The first-order valence-electron chi connectivity index (χ1n) is 8.91. The topological polar surface area (TPSA) is 44.4 Å². The zero-order valence-electron chi connectivity index (χ0n) is 14.4. The number of hydrogen-bond acceptors (Lipinski definition) is 3. The summed E-state index contributed by atoms with van der Waals surface area (Å²) < 4.78 is 0. The summed E-state index contributed by atoms with van der Waals surface area (Å²) in [6.45, 7) is 3.63. The van der Waals surface area contributed by atoms with Crippen LogP contribution in [-0.2, 0) is 4.79 Å². The Labute approximate surface area is 144 Å². The Kier molecular flexibility index (Phi) is 5.83. The van der Waals surface area contributed by atoms with Gasteiger partial charge in [-0.3, -0.25) is 9.69 Å².